The molecule has 1 rings (SSSR count). The number of amides is 2. The Balaban J connectivity index is 2.15. The monoisotopic (exact) mass is 227 g/mol. The van der Waals surface area contributed by atoms with Crippen LogP contribution in [0.4, 0.5) is 0 Å². The fourth-order valence-electron chi connectivity index (χ4n) is 1.63. The molecule has 0 atom stereocenters. The fraction of sp³-hybridized carbons (Fsp3) is 0.818. The van der Waals surface area contributed by atoms with Gasteiger partial charge >= 0.3 is 0 Å². The normalized spacial score (nSPS) is 15.9. The van der Waals surface area contributed by atoms with E-state index in [0.29, 0.717) is 6.42 Å². The number of carbonyl (C=O) groups is 2. The lowest BCUT2D eigenvalue weighted by atomic mass is 10.2. The van der Waals surface area contributed by atoms with Crippen molar-refractivity contribution in [3.05, 3.63) is 0 Å². The molecule has 5 heteroatoms. The van der Waals surface area contributed by atoms with Gasteiger partial charge < -0.3 is 15.5 Å². The van der Waals surface area contributed by atoms with Crippen molar-refractivity contribution in [3.63, 3.8) is 0 Å². The first-order valence-corrected chi connectivity index (χ1v) is 5.99. The van der Waals surface area contributed by atoms with Crippen LogP contribution in [0.15, 0.2) is 0 Å². The summed E-state index contributed by atoms with van der Waals surface area (Å²) >= 11 is 0. The minimum atomic E-state index is -0.0228. The molecule has 0 aromatic carbocycles. The summed E-state index contributed by atoms with van der Waals surface area (Å²) in [7, 11) is 0. The molecule has 1 aliphatic rings. The molecule has 0 saturated carbocycles. The largest absolute Gasteiger partial charge is 0.347 e. The summed E-state index contributed by atoms with van der Waals surface area (Å²) in [5.41, 5.74) is 0. The highest BCUT2D eigenvalue weighted by atomic mass is 16.2. The molecule has 1 aliphatic heterocycles. The standard InChI is InChI=1S/C11H21N3O2/c1-2-3-4-10(15)13-9-11(16)14-7-5-12-6-8-14/h12H,2-9H2,1H3,(H,13,15). The quantitative estimate of drug-likeness (QED) is 0.679. The van der Waals surface area contributed by atoms with E-state index in [2.05, 4.69) is 10.6 Å². The van der Waals surface area contributed by atoms with Crippen LogP contribution in [0, 0.1) is 0 Å². The van der Waals surface area contributed by atoms with Gasteiger partial charge in [0.1, 0.15) is 0 Å². The first-order chi connectivity index (χ1) is 7.74. The van der Waals surface area contributed by atoms with Crippen LogP contribution in [0.1, 0.15) is 26.2 Å². The predicted molar refractivity (Wildman–Crippen MR) is 62.0 cm³/mol. The second-order valence-electron chi connectivity index (χ2n) is 4.01. The van der Waals surface area contributed by atoms with Gasteiger partial charge in [-0.2, -0.15) is 0 Å². The van der Waals surface area contributed by atoms with Crippen molar-refractivity contribution in [2.24, 2.45) is 0 Å². The predicted octanol–water partition coefficient (Wildman–Crippen LogP) is -0.275. The Hall–Kier alpha value is -1.10. The van der Waals surface area contributed by atoms with Gasteiger partial charge in [0.05, 0.1) is 6.54 Å². The molecule has 0 aliphatic carbocycles. The van der Waals surface area contributed by atoms with E-state index in [-0.39, 0.29) is 18.4 Å². The summed E-state index contributed by atoms with van der Waals surface area (Å²) in [5, 5.41) is 5.85. The maximum absolute atomic E-state index is 11.7. The van der Waals surface area contributed by atoms with Gasteiger partial charge in [0.25, 0.3) is 0 Å². The molecule has 2 N–H and O–H groups in total. The average molecular weight is 227 g/mol. The zero-order valence-electron chi connectivity index (χ0n) is 9.92. The zero-order chi connectivity index (χ0) is 11.8. The number of carbonyl (C=O) groups excluding carboxylic acids is 2. The highest BCUT2D eigenvalue weighted by molar-refractivity contribution is 5.84. The van der Waals surface area contributed by atoms with Crippen LogP contribution in [-0.2, 0) is 9.59 Å². The topological polar surface area (TPSA) is 61.4 Å². The first kappa shape index (κ1) is 13.0. The first-order valence-electron chi connectivity index (χ1n) is 5.99. The van der Waals surface area contributed by atoms with Crippen molar-refractivity contribution in [2.45, 2.75) is 26.2 Å². The van der Waals surface area contributed by atoms with Gasteiger partial charge in [0.15, 0.2) is 0 Å². The number of unbranched alkanes of at least 4 members (excludes halogenated alkanes) is 1. The molecule has 0 unspecified atom stereocenters. The molecular formula is C11H21N3O2. The number of nitrogens with zero attached hydrogens (tertiary/aromatic N) is 1. The Labute approximate surface area is 96.6 Å². The minimum absolute atomic E-state index is 0.0198. The van der Waals surface area contributed by atoms with Crippen LogP contribution in [0.3, 0.4) is 0 Å². The molecule has 1 fully saturated rings. The zero-order valence-corrected chi connectivity index (χ0v) is 9.92. The van der Waals surface area contributed by atoms with Crippen molar-refractivity contribution in [1.29, 1.82) is 0 Å². The average Bonchev–Trinajstić information content (AvgIpc) is 2.34. The Kier molecular flexibility index (Phi) is 5.85. The summed E-state index contributed by atoms with van der Waals surface area (Å²) in [5.74, 6) is -0.00307. The summed E-state index contributed by atoms with van der Waals surface area (Å²) in [4.78, 5) is 24.7. The van der Waals surface area contributed by atoms with Crippen molar-refractivity contribution in [1.82, 2.24) is 15.5 Å². The molecule has 5 nitrogen and oxygen atoms in total. The van der Waals surface area contributed by atoms with Gasteiger partial charge in [-0.05, 0) is 6.42 Å². The molecule has 16 heavy (non-hydrogen) atoms. The molecule has 1 saturated heterocycles. The summed E-state index contributed by atoms with van der Waals surface area (Å²) in [6, 6.07) is 0. The third-order valence-corrected chi connectivity index (χ3v) is 2.66. The SMILES string of the molecule is CCCCC(=O)NCC(=O)N1CCNCC1. The maximum Gasteiger partial charge on any atom is 0.242 e. The van der Waals surface area contributed by atoms with E-state index in [1.54, 1.807) is 4.90 Å². The molecule has 1 heterocycles. The number of rotatable bonds is 5. The molecule has 0 aromatic rings. The van der Waals surface area contributed by atoms with Crippen molar-refractivity contribution >= 4 is 11.8 Å². The van der Waals surface area contributed by atoms with Crippen LogP contribution in [0.5, 0.6) is 0 Å². The highest BCUT2D eigenvalue weighted by Crippen LogP contribution is 1.95. The van der Waals surface area contributed by atoms with Crippen LogP contribution < -0.4 is 10.6 Å². The number of hydrogen-bond donors (Lipinski definition) is 2. The smallest absolute Gasteiger partial charge is 0.242 e. The van der Waals surface area contributed by atoms with Gasteiger partial charge in [-0.1, -0.05) is 13.3 Å². The van der Waals surface area contributed by atoms with Gasteiger partial charge in [0, 0.05) is 32.6 Å². The Morgan fingerprint density at radius 3 is 2.62 bits per heavy atom. The maximum atomic E-state index is 11.7. The molecule has 92 valence electrons. The van der Waals surface area contributed by atoms with Crippen molar-refractivity contribution in [2.75, 3.05) is 32.7 Å². The lowest BCUT2D eigenvalue weighted by Crippen LogP contribution is -2.49. The summed E-state index contributed by atoms with van der Waals surface area (Å²) < 4.78 is 0. The molecule has 0 spiro atoms. The van der Waals surface area contributed by atoms with Crippen LogP contribution in [0.25, 0.3) is 0 Å². The van der Waals surface area contributed by atoms with E-state index in [1.807, 2.05) is 6.92 Å². The molecular weight excluding hydrogens is 206 g/mol. The molecule has 0 aromatic heterocycles. The Morgan fingerprint density at radius 2 is 2.00 bits per heavy atom. The van der Waals surface area contributed by atoms with E-state index < -0.39 is 0 Å². The van der Waals surface area contributed by atoms with Crippen molar-refractivity contribution < 1.29 is 9.59 Å². The third kappa shape index (κ3) is 4.61. The summed E-state index contributed by atoms with van der Waals surface area (Å²) in [6.07, 6.45) is 2.40. The van der Waals surface area contributed by atoms with Gasteiger partial charge in [-0.3, -0.25) is 9.59 Å². The van der Waals surface area contributed by atoms with Gasteiger partial charge in [0.2, 0.25) is 11.8 Å². The van der Waals surface area contributed by atoms with Gasteiger partial charge in [-0.15, -0.1) is 0 Å². The summed E-state index contributed by atoms with van der Waals surface area (Å²) in [6.45, 7) is 5.35. The number of piperazine rings is 1. The minimum Gasteiger partial charge on any atom is -0.347 e. The second-order valence-corrected chi connectivity index (χ2v) is 4.01. The van der Waals surface area contributed by atoms with Crippen LogP contribution in [-0.4, -0.2) is 49.4 Å². The second kappa shape index (κ2) is 7.22. The molecule has 0 radical (unpaired) electrons. The van der Waals surface area contributed by atoms with Crippen LogP contribution >= 0.6 is 0 Å². The van der Waals surface area contributed by atoms with E-state index in [1.165, 1.54) is 0 Å². The van der Waals surface area contributed by atoms with E-state index in [4.69, 9.17) is 0 Å². The number of nitrogens with one attached hydrogen (secondary N) is 2. The van der Waals surface area contributed by atoms with E-state index >= 15 is 0 Å². The van der Waals surface area contributed by atoms with Gasteiger partial charge in [-0.25, -0.2) is 0 Å². The number of hydrogen-bond acceptors (Lipinski definition) is 3. The Morgan fingerprint density at radius 1 is 1.31 bits per heavy atom. The lowest BCUT2D eigenvalue weighted by molar-refractivity contribution is -0.133. The van der Waals surface area contributed by atoms with E-state index in [9.17, 15) is 9.59 Å². The van der Waals surface area contributed by atoms with E-state index in [0.717, 1.165) is 39.0 Å². The lowest BCUT2D eigenvalue weighted by Gasteiger charge is -2.27. The molecule has 0 bridgehead atoms. The van der Waals surface area contributed by atoms with Crippen LogP contribution in [0.2, 0.25) is 0 Å². The fourth-order valence-corrected chi connectivity index (χ4v) is 1.63. The highest BCUT2D eigenvalue weighted by Gasteiger charge is 2.16. The Bertz CT molecular complexity index is 237. The van der Waals surface area contributed by atoms with Crippen molar-refractivity contribution in [3.8, 4) is 0 Å². The molecule has 2 amide bonds. The third-order valence-electron chi connectivity index (χ3n) is 2.66.